The number of halogens is 1. The minimum atomic E-state index is -0.359. The minimum Gasteiger partial charge on any atom is -0.335 e. The fourth-order valence-corrected chi connectivity index (χ4v) is 6.99. The first-order valence-corrected chi connectivity index (χ1v) is 14.4. The molecule has 7 heteroatoms. The van der Waals surface area contributed by atoms with Crippen molar-refractivity contribution in [3.63, 3.8) is 0 Å². The number of rotatable bonds is 6. The number of carbonyl (C=O) groups is 2. The number of nitrogens with zero attached hydrogens (tertiary/aromatic N) is 4. The topological polar surface area (TPSA) is 58.4 Å². The van der Waals surface area contributed by atoms with Gasteiger partial charge < -0.3 is 14.4 Å². The molecule has 1 aromatic heterocycles. The van der Waals surface area contributed by atoms with E-state index in [2.05, 4.69) is 9.47 Å². The molecule has 1 saturated heterocycles. The Morgan fingerprint density at radius 3 is 2.29 bits per heavy atom. The standard InChI is InChI=1S/C31H37FN4O2/c32-23-10-9-15-26(19-23)34-20-22(18-29(34)37)31-33-27-16-7-8-17-28(27)35(31)21-30(38)36(24-11-3-1-4-12-24)25-13-5-2-6-14-25/h7-10,15-17,19,22,24-25H,1-6,11-14,18,20-21H2. The van der Waals surface area contributed by atoms with Crippen molar-refractivity contribution in [2.45, 2.75) is 95.2 Å². The van der Waals surface area contributed by atoms with E-state index in [0.29, 0.717) is 30.7 Å². The average Bonchev–Trinajstić information content (AvgIpc) is 3.50. The number of hydrogen-bond donors (Lipinski definition) is 0. The Morgan fingerprint density at radius 1 is 0.921 bits per heavy atom. The number of para-hydroxylation sites is 2. The molecule has 2 aliphatic carbocycles. The lowest BCUT2D eigenvalue weighted by atomic mass is 9.88. The molecule has 3 aliphatic rings. The lowest BCUT2D eigenvalue weighted by Crippen LogP contribution is -2.50. The summed E-state index contributed by atoms with van der Waals surface area (Å²) < 4.78 is 16.0. The Balaban J connectivity index is 1.31. The third-order valence-electron chi connectivity index (χ3n) is 8.81. The van der Waals surface area contributed by atoms with Crippen molar-refractivity contribution in [1.82, 2.24) is 14.5 Å². The summed E-state index contributed by atoms with van der Waals surface area (Å²) in [6.45, 7) is 0.669. The van der Waals surface area contributed by atoms with Crippen molar-refractivity contribution in [1.29, 1.82) is 0 Å². The molecule has 2 saturated carbocycles. The number of amides is 2. The van der Waals surface area contributed by atoms with Gasteiger partial charge >= 0.3 is 0 Å². The van der Waals surface area contributed by atoms with Crippen LogP contribution in [0.4, 0.5) is 10.1 Å². The predicted octanol–water partition coefficient (Wildman–Crippen LogP) is 6.19. The molecule has 1 aliphatic heterocycles. The quantitative estimate of drug-likeness (QED) is 0.393. The van der Waals surface area contributed by atoms with E-state index in [4.69, 9.17) is 4.98 Å². The van der Waals surface area contributed by atoms with Crippen LogP contribution >= 0.6 is 0 Å². The molecule has 38 heavy (non-hydrogen) atoms. The smallest absolute Gasteiger partial charge is 0.243 e. The van der Waals surface area contributed by atoms with Crippen molar-refractivity contribution in [3.05, 3.63) is 60.2 Å². The van der Waals surface area contributed by atoms with Crippen LogP contribution in [-0.4, -0.2) is 44.9 Å². The second-order valence-electron chi connectivity index (χ2n) is 11.3. The molecule has 0 N–H and O–H groups in total. The molecule has 2 aromatic carbocycles. The number of carbonyl (C=O) groups excluding carboxylic acids is 2. The normalized spacial score (nSPS) is 21.3. The largest absolute Gasteiger partial charge is 0.335 e. The van der Waals surface area contributed by atoms with E-state index in [1.807, 2.05) is 24.3 Å². The van der Waals surface area contributed by atoms with Gasteiger partial charge in [0, 0.05) is 36.7 Å². The lowest BCUT2D eigenvalue weighted by molar-refractivity contribution is -0.138. The minimum absolute atomic E-state index is 0.0448. The fourth-order valence-electron chi connectivity index (χ4n) is 6.99. The zero-order valence-electron chi connectivity index (χ0n) is 22.0. The van der Waals surface area contributed by atoms with Crippen molar-refractivity contribution in [3.8, 4) is 0 Å². The molecular formula is C31H37FN4O2. The summed E-state index contributed by atoms with van der Waals surface area (Å²) in [6.07, 6.45) is 12.0. The first-order chi connectivity index (χ1) is 18.6. The summed E-state index contributed by atoms with van der Waals surface area (Å²) in [5.41, 5.74) is 2.34. The number of aromatic nitrogens is 2. The Labute approximate surface area is 223 Å². The maximum Gasteiger partial charge on any atom is 0.243 e. The van der Waals surface area contributed by atoms with Gasteiger partial charge in [0.15, 0.2) is 0 Å². The average molecular weight is 517 g/mol. The number of hydrogen-bond acceptors (Lipinski definition) is 3. The zero-order valence-corrected chi connectivity index (χ0v) is 22.0. The zero-order chi connectivity index (χ0) is 26.1. The van der Waals surface area contributed by atoms with Gasteiger partial charge in [0.05, 0.1) is 11.0 Å². The summed E-state index contributed by atoms with van der Waals surface area (Å²) in [7, 11) is 0. The van der Waals surface area contributed by atoms with E-state index in [1.54, 1.807) is 17.0 Å². The number of benzene rings is 2. The van der Waals surface area contributed by atoms with Crippen LogP contribution in [-0.2, 0) is 16.1 Å². The van der Waals surface area contributed by atoms with Crippen LogP contribution in [0.2, 0.25) is 0 Å². The predicted molar refractivity (Wildman–Crippen MR) is 146 cm³/mol. The third-order valence-corrected chi connectivity index (χ3v) is 8.81. The lowest BCUT2D eigenvalue weighted by Gasteiger charge is -2.42. The van der Waals surface area contributed by atoms with Gasteiger partial charge in [-0.05, 0) is 56.0 Å². The Bertz CT molecular complexity index is 1290. The molecule has 3 fully saturated rings. The second-order valence-corrected chi connectivity index (χ2v) is 11.3. The number of fused-ring (bicyclic) bond motifs is 1. The molecule has 6 rings (SSSR count). The van der Waals surface area contributed by atoms with Gasteiger partial charge in [-0.1, -0.05) is 56.7 Å². The van der Waals surface area contributed by atoms with Gasteiger partial charge in [0.25, 0.3) is 0 Å². The van der Waals surface area contributed by atoms with E-state index < -0.39 is 0 Å². The molecule has 1 atom stereocenters. The molecule has 1 unspecified atom stereocenters. The van der Waals surface area contributed by atoms with Crippen LogP contribution in [0.3, 0.4) is 0 Å². The van der Waals surface area contributed by atoms with Gasteiger partial charge in [0.2, 0.25) is 11.8 Å². The van der Waals surface area contributed by atoms with Crippen LogP contribution in [0.5, 0.6) is 0 Å². The highest BCUT2D eigenvalue weighted by molar-refractivity contribution is 5.96. The van der Waals surface area contributed by atoms with E-state index >= 15 is 0 Å². The van der Waals surface area contributed by atoms with E-state index in [-0.39, 0.29) is 30.1 Å². The Hall–Kier alpha value is -3.22. The van der Waals surface area contributed by atoms with Gasteiger partial charge in [-0.2, -0.15) is 0 Å². The molecule has 0 bridgehead atoms. The molecule has 200 valence electrons. The molecule has 2 heterocycles. The van der Waals surface area contributed by atoms with Crippen LogP contribution in [0, 0.1) is 5.82 Å². The first-order valence-electron chi connectivity index (χ1n) is 14.4. The fraction of sp³-hybridized carbons (Fsp3) is 0.516. The van der Waals surface area contributed by atoms with E-state index in [1.165, 1.54) is 50.7 Å². The molecule has 0 radical (unpaired) electrons. The summed E-state index contributed by atoms with van der Waals surface area (Å²) in [4.78, 5) is 36.1. The molecule has 6 nitrogen and oxygen atoms in total. The first kappa shape index (κ1) is 25.1. The van der Waals surface area contributed by atoms with Gasteiger partial charge in [0.1, 0.15) is 18.2 Å². The molecular weight excluding hydrogens is 479 g/mol. The number of imidazole rings is 1. The van der Waals surface area contributed by atoms with Gasteiger partial charge in [-0.25, -0.2) is 9.37 Å². The maximum atomic E-state index is 14.2. The molecule has 0 spiro atoms. The summed E-state index contributed by atoms with van der Waals surface area (Å²) in [6, 6.07) is 14.8. The maximum absolute atomic E-state index is 14.2. The Morgan fingerprint density at radius 2 is 1.61 bits per heavy atom. The van der Waals surface area contributed by atoms with Crippen molar-refractivity contribution in [2.75, 3.05) is 11.4 Å². The van der Waals surface area contributed by atoms with Crippen molar-refractivity contribution < 1.29 is 14.0 Å². The summed E-state index contributed by atoms with van der Waals surface area (Å²) >= 11 is 0. The summed E-state index contributed by atoms with van der Waals surface area (Å²) in [5, 5.41) is 0. The van der Waals surface area contributed by atoms with Crippen LogP contribution < -0.4 is 4.90 Å². The van der Waals surface area contributed by atoms with E-state index in [0.717, 1.165) is 42.5 Å². The Kier molecular flexibility index (Phi) is 7.18. The molecule has 3 aromatic rings. The van der Waals surface area contributed by atoms with Gasteiger partial charge in [-0.15, -0.1) is 0 Å². The monoisotopic (exact) mass is 516 g/mol. The highest BCUT2D eigenvalue weighted by atomic mass is 19.1. The van der Waals surface area contributed by atoms with Crippen LogP contribution in [0.15, 0.2) is 48.5 Å². The highest BCUT2D eigenvalue weighted by Crippen LogP contribution is 2.35. The molecule has 2 amide bonds. The highest BCUT2D eigenvalue weighted by Gasteiger charge is 2.37. The van der Waals surface area contributed by atoms with Gasteiger partial charge in [-0.3, -0.25) is 9.59 Å². The second kappa shape index (κ2) is 10.9. The number of anilines is 1. The summed E-state index contributed by atoms with van der Waals surface area (Å²) in [5.74, 6) is 0.390. The third kappa shape index (κ3) is 4.95. The van der Waals surface area contributed by atoms with E-state index in [9.17, 15) is 14.0 Å². The van der Waals surface area contributed by atoms with Crippen molar-refractivity contribution in [2.24, 2.45) is 0 Å². The SMILES string of the molecule is O=C1CC(c2nc3ccccc3n2CC(=O)N(C2CCCCC2)C2CCCCC2)CN1c1cccc(F)c1. The van der Waals surface area contributed by atoms with Crippen LogP contribution in [0.25, 0.3) is 11.0 Å². The van der Waals surface area contributed by atoms with Crippen molar-refractivity contribution >= 4 is 28.5 Å². The van der Waals surface area contributed by atoms with Crippen LogP contribution in [0.1, 0.15) is 82.4 Å².